The highest BCUT2D eigenvalue weighted by molar-refractivity contribution is 6.14. The summed E-state index contributed by atoms with van der Waals surface area (Å²) in [5.41, 5.74) is -0.983. The molecule has 10 nitrogen and oxygen atoms in total. The molecule has 182 valence electrons. The van der Waals surface area contributed by atoms with E-state index < -0.39 is 42.6 Å². The van der Waals surface area contributed by atoms with Gasteiger partial charge in [0.25, 0.3) is 0 Å². The van der Waals surface area contributed by atoms with Crippen LogP contribution >= 0.6 is 0 Å². The number of carbonyl (C=O) groups excluding carboxylic acids is 2. The number of ketones is 2. The Balaban J connectivity index is 1.61. The lowest BCUT2D eigenvalue weighted by molar-refractivity contribution is 0.0830. The number of aliphatic hydroxyl groups is 2. The molecule has 0 aliphatic carbocycles. The molecule has 3 aromatic rings. The van der Waals surface area contributed by atoms with Crippen molar-refractivity contribution in [2.45, 2.75) is 5.54 Å². The van der Waals surface area contributed by atoms with E-state index in [9.17, 15) is 35.1 Å². The maximum Gasteiger partial charge on any atom is 0.203 e. The lowest BCUT2D eigenvalue weighted by Gasteiger charge is -2.37. The van der Waals surface area contributed by atoms with Gasteiger partial charge in [0, 0.05) is 16.7 Å². The number of hydrogen-bond acceptors (Lipinski definition) is 10. The number of nitrogens with one attached hydrogen (secondary N) is 1. The molecule has 0 saturated carbocycles. The fourth-order valence-electron chi connectivity index (χ4n) is 3.64. The summed E-state index contributed by atoms with van der Waals surface area (Å²) in [6.07, 6.45) is 0. The van der Waals surface area contributed by atoms with Crippen LogP contribution in [0.2, 0.25) is 0 Å². The Morgan fingerprint density at radius 2 is 1.57 bits per heavy atom. The Morgan fingerprint density at radius 1 is 0.914 bits per heavy atom. The molecular weight excluding hydrogens is 458 g/mol. The molecule has 0 aromatic heterocycles. The van der Waals surface area contributed by atoms with Crippen LogP contribution in [0.4, 0.5) is 5.69 Å². The van der Waals surface area contributed by atoms with Gasteiger partial charge in [0.05, 0.1) is 18.9 Å². The Hall–Kier alpha value is -4.28. The third-order valence-electron chi connectivity index (χ3n) is 5.63. The van der Waals surface area contributed by atoms with Crippen molar-refractivity contribution in [3.63, 3.8) is 0 Å². The van der Waals surface area contributed by atoms with Crippen molar-refractivity contribution >= 4 is 17.3 Å². The van der Waals surface area contributed by atoms with E-state index in [0.717, 1.165) is 12.1 Å². The molecule has 0 fully saturated rings. The SMILES string of the molecule is O=C(COc1c(O)cc(C(=O)c2ccc(O)c3c2NC(CO)(CO)CO3)cc1O)c1ccccc1. The minimum atomic E-state index is -1.29. The summed E-state index contributed by atoms with van der Waals surface area (Å²) in [7, 11) is 0. The van der Waals surface area contributed by atoms with E-state index in [1.807, 2.05) is 0 Å². The van der Waals surface area contributed by atoms with Gasteiger partial charge >= 0.3 is 0 Å². The predicted molar refractivity (Wildman–Crippen MR) is 124 cm³/mol. The van der Waals surface area contributed by atoms with E-state index >= 15 is 0 Å². The van der Waals surface area contributed by atoms with Gasteiger partial charge in [-0.05, 0) is 24.3 Å². The molecule has 1 aliphatic heterocycles. The smallest absolute Gasteiger partial charge is 0.203 e. The Bertz CT molecular complexity index is 1250. The highest BCUT2D eigenvalue weighted by Gasteiger charge is 2.38. The van der Waals surface area contributed by atoms with Crippen molar-refractivity contribution in [1.29, 1.82) is 0 Å². The summed E-state index contributed by atoms with van der Waals surface area (Å²) in [6, 6.07) is 13.0. The van der Waals surface area contributed by atoms with E-state index in [0.29, 0.717) is 5.56 Å². The van der Waals surface area contributed by atoms with Gasteiger partial charge in [0.15, 0.2) is 41.2 Å². The monoisotopic (exact) mass is 481 g/mol. The van der Waals surface area contributed by atoms with Gasteiger partial charge in [-0.3, -0.25) is 9.59 Å². The minimum absolute atomic E-state index is 0.00417. The van der Waals surface area contributed by atoms with E-state index in [1.54, 1.807) is 30.3 Å². The molecule has 0 saturated heterocycles. The molecule has 0 spiro atoms. The zero-order valence-electron chi connectivity index (χ0n) is 18.4. The number of anilines is 1. The zero-order chi connectivity index (χ0) is 25.2. The average molecular weight is 481 g/mol. The van der Waals surface area contributed by atoms with Crippen molar-refractivity contribution in [2.75, 3.05) is 31.7 Å². The first-order chi connectivity index (χ1) is 16.8. The van der Waals surface area contributed by atoms with Crippen LogP contribution in [-0.2, 0) is 0 Å². The first-order valence-corrected chi connectivity index (χ1v) is 10.6. The first kappa shape index (κ1) is 23.9. The Labute approximate surface area is 199 Å². The van der Waals surface area contributed by atoms with Crippen LogP contribution in [0, 0.1) is 0 Å². The molecule has 1 aliphatic rings. The molecule has 10 heteroatoms. The fraction of sp³-hybridized carbons (Fsp3) is 0.200. The number of benzene rings is 3. The first-order valence-electron chi connectivity index (χ1n) is 10.6. The number of rotatable bonds is 8. The van der Waals surface area contributed by atoms with Crippen molar-refractivity contribution in [3.8, 4) is 28.7 Å². The number of carbonyl (C=O) groups is 2. The Kier molecular flexibility index (Phi) is 6.50. The summed E-state index contributed by atoms with van der Waals surface area (Å²) < 4.78 is 10.8. The summed E-state index contributed by atoms with van der Waals surface area (Å²) in [6.45, 7) is -1.63. The summed E-state index contributed by atoms with van der Waals surface area (Å²) in [4.78, 5) is 25.5. The quantitative estimate of drug-likeness (QED) is 0.261. The number of ether oxygens (including phenoxy) is 2. The molecule has 0 amide bonds. The molecular formula is C25H23NO9. The van der Waals surface area contributed by atoms with Gasteiger partial charge in [-0.2, -0.15) is 0 Å². The predicted octanol–water partition coefficient (Wildman–Crippen LogP) is 1.82. The number of phenols is 3. The third kappa shape index (κ3) is 4.57. The standard InChI is InChI=1S/C25H23NO9/c27-11-25(12-28)13-35-24-17(29)7-6-16(21(24)26-25)22(33)15-8-18(30)23(19(31)9-15)34-10-20(32)14-4-2-1-3-5-14/h1-9,26-31H,10-13H2. The van der Waals surface area contributed by atoms with Crippen LogP contribution in [0.15, 0.2) is 54.6 Å². The summed E-state index contributed by atoms with van der Waals surface area (Å²) in [5.74, 6) is -2.83. The van der Waals surface area contributed by atoms with Gasteiger partial charge in [0.2, 0.25) is 5.75 Å². The molecule has 0 unspecified atom stereocenters. The van der Waals surface area contributed by atoms with Gasteiger partial charge in [-0.25, -0.2) is 0 Å². The normalized spacial score (nSPS) is 13.8. The van der Waals surface area contributed by atoms with Crippen LogP contribution < -0.4 is 14.8 Å². The molecule has 0 atom stereocenters. The summed E-state index contributed by atoms with van der Waals surface area (Å²) in [5, 5.41) is 53.2. The van der Waals surface area contributed by atoms with E-state index in [-0.39, 0.29) is 46.5 Å². The van der Waals surface area contributed by atoms with Crippen LogP contribution in [0.25, 0.3) is 0 Å². The maximum absolute atomic E-state index is 13.3. The Morgan fingerprint density at radius 3 is 2.20 bits per heavy atom. The van der Waals surface area contributed by atoms with Gasteiger partial charge < -0.3 is 40.3 Å². The number of fused-ring (bicyclic) bond motifs is 1. The minimum Gasteiger partial charge on any atom is -0.504 e. The highest BCUT2D eigenvalue weighted by atomic mass is 16.5. The lowest BCUT2D eigenvalue weighted by atomic mass is 9.95. The van der Waals surface area contributed by atoms with Crippen molar-refractivity contribution in [3.05, 3.63) is 71.3 Å². The molecule has 1 heterocycles. The number of aromatic hydroxyl groups is 3. The van der Waals surface area contributed by atoms with Crippen LogP contribution in [0.1, 0.15) is 26.3 Å². The summed E-state index contributed by atoms with van der Waals surface area (Å²) >= 11 is 0. The molecule has 3 aromatic carbocycles. The molecule has 0 radical (unpaired) electrons. The highest BCUT2D eigenvalue weighted by Crippen LogP contribution is 2.44. The number of hydrogen-bond donors (Lipinski definition) is 6. The lowest BCUT2D eigenvalue weighted by Crippen LogP contribution is -2.53. The average Bonchev–Trinajstić information content (AvgIpc) is 2.88. The van der Waals surface area contributed by atoms with E-state index in [1.165, 1.54) is 12.1 Å². The second-order valence-electron chi connectivity index (χ2n) is 8.10. The second kappa shape index (κ2) is 9.53. The van der Waals surface area contributed by atoms with Gasteiger partial charge in [-0.1, -0.05) is 30.3 Å². The zero-order valence-corrected chi connectivity index (χ0v) is 18.4. The molecule has 6 N–H and O–H groups in total. The molecule has 35 heavy (non-hydrogen) atoms. The number of phenolic OH excluding ortho intramolecular Hbond substituents is 3. The van der Waals surface area contributed by atoms with Crippen LogP contribution in [0.3, 0.4) is 0 Å². The van der Waals surface area contributed by atoms with Crippen LogP contribution in [-0.4, -0.2) is 69.1 Å². The fourth-order valence-corrected chi connectivity index (χ4v) is 3.64. The van der Waals surface area contributed by atoms with Crippen LogP contribution in [0.5, 0.6) is 28.7 Å². The second-order valence-corrected chi connectivity index (χ2v) is 8.10. The topological polar surface area (TPSA) is 166 Å². The maximum atomic E-state index is 13.3. The van der Waals surface area contributed by atoms with Gasteiger partial charge in [0.1, 0.15) is 12.1 Å². The van der Waals surface area contributed by atoms with E-state index in [4.69, 9.17) is 9.47 Å². The number of Topliss-reactive ketones (excluding diaryl/α,β-unsaturated/α-hetero) is 1. The third-order valence-corrected chi connectivity index (χ3v) is 5.63. The molecule has 4 rings (SSSR count). The van der Waals surface area contributed by atoms with Crippen molar-refractivity contribution in [2.24, 2.45) is 0 Å². The van der Waals surface area contributed by atoms with Crippen molar-refractivity contribution < 1.29 is 44.6 Å². The molecule has 0 bridgehead atoms. The van der Waals surface area contributed by atoms with Crippen molar-refractivity contribution in [1.82, 2.24) is 0 Å². The largest absolute Gasteiger partial charge is 0.504 e. The number of aliphatic hydroxyl groups excluding tert-OH is 2. The van der Waals surface area contributed by atoms with E-state index in [2.05, 4.69) is 5.32 Å². The van der Waals surface area contributed by atoms with Gasteiger partial charge in [-0.15, -0.1) is 0 Å².